The van der Waals surface area contributed by atoms with Gasteiger partial charge in [-0.05, 0) is 73.7 Å². The quantitative estimate of drug-likeness (QED) is 0.518. The van der Waals surface area contributed by atoms with Gasteiger partial charge >= 0.3 is 0 Å². The zero-order chi connectivity index (χ0) is 23.7. The Balaban J connectivity index is 1.31. The van der Waals surface area contributed by atoms with Crippen LogP contribution in [0.5, 0.6) is 11.5 Å². The predicted octanol–water partition coefficient (Wildman–Crippen LogP) is 4.34. The zero-order valence-corrected chi connectivity index (χ0v) is 18.5. The van der Waals surface area contributed by atoms with Gasteiger partial charge in [-0.25, -0.2) is 8.78 Å². The van der Waals surface area contributed by atoms with E-state index >= 15 is 0 Å². The first-order valence-corrected chi connectivity index (χ1v) is 11.4. The number of amides is 1. The van der Waals surface area contributed by atoms with Crippen LogP contribution in [-0.4, -0.2) is 34.0 Å². The van der Waals surface area contributed by atoms with Crippen LogP contribution < -0.4 is 10.1 Å². The van der Waals surface area contributed by atoms with Crippen molar-refractivity contribution in [2.75, 3.05) is 13.1 Å². The molecule has 176 valence electrons. The number of halogens is 2. The Bertz CT molecular complexity index is 1220. The summed E-state index contributed by atoms with van der Waals surface area (Å²) in [6.45, 7) is 1.90. The smallest absolute Gasteiger partial charge is 0.256 e. The number of fused-ring (bicyclic) bond motifs is 1. The Morgan fingerprint density at radius 2 is 2.00 bits per heavy atom. The fourth-order valence-electron chi connectivity index (χ4n) is 4.08. The third kappa shape index (κ3) is 4.93. The molecule has 1 amide bonds. The van der Waals surface area contributed by atoms with E-state index in [1.54, 1.807) is 18.2 Å². The molecule has 2 aromatic carbocycles. The van der Waals surface area contributed by atoms with Gasteiger partial charge in [0, 0.05) is 24.7 Å². The molecule has 1 aliphatic carbocycles. The van der Waals surface area contributed by atoms with Crippen molar-refractivity contribution in [1.82, 2.24) is 15.2 Å². The van der Waals surface area contributed by atoms with Crippen LogP contribution in [-0.2, 0) is 13.0 Å². The maximum Gasteiger partial charge on any atom is 0.256 e. The van der Waals surface area contributed by atoms with Crippen LogP contribution in [0.3, 0.4) is 0 Å². The van der Waals surface area contributed by atoms with Crippen molar-refractivity contribution < 1.29 is 23.4 Å². The van der Waals surface area contributed by atoms with Crippen molar-refractivity contribution in [3.63, 3.8) is 0 Å². The second-order valence-corrected chi connectivity index (χ2v) is 8.75. The molecule has 0 unspecified atom stereocenters. The molecule has 3 aromatic rings. The van der Waals surface area contributed by atoms with Crippen LogP contribution in [0.25, 0.3) is 0 Å². The summed E-state index contributed by atoms with van der Waals surface area (Å²) in [5.74, 6) is -1.04. The topological polar surface area (TPSA) is 74.7 Å². The molecule has 1 aromatic heterocycles. The highest BCUT2D eigenvalue weighted by molar-refractivity contribution is 5.97. The van der Waals surface area contributed by atoms with E-state index in [1.807, 2.05) is 12.1 Å². The number of aliphatic hydroxyl groups is 1. The molecule has 8 heteroatoms. The lowest BCUT2D eigenvalue weighted by atomic mass is 9.98. The number of hydrogen-bond donors (Lipinski definition) is 2. The van der Waals surface area contributed by atoms with Gasteiger partial charge < -0.3 is 20.1 Å². The third-order valence-electron chi connectivity index (χ3n) is 6.14. The fourth-order valence-corrected chi connectivity index (χ4v) is 4.08. The molecule has 2 heterocycles. The van der Waals surface area contributed by atoms with Gasteiger partial charge in [-0.1, -0.05) is 12.1 Å². The van der Waals surface area contributed by atoms with Crippen LogP contribution in [0.2, 0.25) is 0 Å². The number of carbonyl (C=O) groups is 1. The molecule has 6 nitrogen and oxygen atoms in total. The molecule has 0 bridgehead atoms. The minimum atomic E-state index is -1.19. The Labute approximate surface area is 196 Å². The van der Waals surface area contributed by atoms with E-state index in [0.717, 1.165) is 35.9 Å². The molecule has 1 saturated carbocycles. The lowest BCUT2D eigenvalue weighted by molar-refractivity contribution is 0.00203. The summed E-state index contributed by atoms with van der Waals surface area (Å²) in [5.41, 5.74) is 2.39. The number of benzene rings is 2. The van der Waals surface area contributed by atoms with Gasteiger partial charge in [0.15, 0.2) is 17.8 Å². The van der Waals surface area contributed by atoms with Crippen LogP contribution in [0.4, 0.5) is 8.78 Å². The summed E-state index contributed by atoms with van der Waals surface area (Å²) in [6, 6.07) is 13.4. The van der Waals surface area contributed by atoms with Crippen LogP contribution in [0.1, 0.15) is 46.4 Å². The normalized spacial score (nSPS) is 16.3. The van der Waals surface area contributed by atoms with E-state index in [-0.39, 0.29) is 17.4 Å². The second-order valence-electron chi connectivity index (χ2n) is 8.75. The summed E-state index contributed by atoms with van der Waals surface area (Å²) < 4.78 is 32.7. The Morgan fingerprint density at radius 3 is 2.79 bits per heavy atom. The molecule has 1 aliphatic heterocycles. The summed E-state index contributed by atoms with van der Waals surface area (Å²) >= 11 is 0. The number of nitrogens with zero attached hydrogens (tertiary/aromatic N) is 2. The van der Waals surface area contributed by atoms with Crippen LogP contribution in [0, 0.1) is 17.6 Å². The van der Waals surface area contributed by atoms with E-state index in [2.05, 4.69) is 10.3 Å². The largest absolute Gasteiger partial charge is 0.454 e. The molecule has 2 N–H and O–H groups in total. The van der Waals surface area contributed by atoms with Crippen LogP contribution in [0.15, 0.2) is 54.6 Å². The van der Waals surface area contributed by atoms with E-state index in [0.29, 0.717) is 30.8 Å². The molecule has 0 radical (unpaired) electrons. The molecule has 0 saturated heterocycles. The maximum atomic E-state index is 14.0. The minimum absolute atomic E-state index is 0.141. The Kier molecular flexibility index (Phi) is 6.26. The standard InChI is InChI=1S/C26H25F2N3O3/c27-18-7-9-24(22(28)12-18)34-20-8-6-17-10-11-31(25(32)21(17)13-20)26(33)23-3-1-2-19(30-23)15-29-14-16-4-5-16/h1-3,6-9,12-13,16,26,29,33H,4-5,10-11,14-15H2/t26-/m1/s1. The SMILES string of the molecule is O=C1c2cc(Oc3ccc(F)cc3F)ccc2CCN1[C@H](O)c1cccc(CNCC2CC2)n1. The highest BCUT2D eigenvalue weighted by Crippen LogP contribution is 2.31. The first-order chi connectivity index (χ1) is 16.5. The lowest BCUT2D eigenvalue weighted by Crippen LogP contribution is -2.40. The van der Waals surface area contributed by atoms with E-state index in [1.165, 1.54) is 29.9 Å². The van der Waals surface area contributed by atoms with Crippen molar-refractivity contribution in [1.29, 1.82) is 0 Å². The summed E-state index contributed by atoms with van der Waals surface area (Å²) in [7, 11) is 0. The van der Waals surface area contributed by atoms with E-state index < -0.39 is 17.9 Å². The lowest BCUT2D eigenvalue weighted by Gasteiger charge is -2.32. The molecular formula is C26H25F2N3O3. The van der Waals surface area contributed by atoms with E-state index in [9.17, 15) is 18.7 Å². The first kappa shape index (κ1) is 22.4. The summed E-state index contributed by atoms with van der Waals surface area (Å²) in [4.78, 5) is 19.1. The average Bonchev–Trinajstić information content (AvgIpc) is 3.66. The molecule has 1 atom stereocenters. The Morgan fingerprint density at radius 1 is 1.15 bits per heavy atom. The van der Waals surface area contributed by atoms with Crippen molar-refractivity contribution in [3.8, 4) is 11.5 Å². The highest BCUT2D eigenvalue weighted by Gasteiger charge is 2.31. The molecule has 0 spiro atoms. The van der Waals surface area contributed by atoms with Gasteiger partial charge in [-0.2, -0.15) is 0 Å². The second kappa shape index (κ2) is 9.48. The van der Waals surface area contributed by atoms with Gasteiger partial charge in [0.1, 0.15) is 11.6 Å². The molecule has 2 aliphatic rings. The minimum Gasteiger partial charge on any atom is -0.454 e. The number of hydrogen-bond acceptors (Lipinski definition) is 5. The van der Waals surface area contributed by atoms with E-state index in [4.69, 9.17) is 4.74 Å². The maximum absolute atomic E-state index is 14.0. The molecular weight excluding hydrogens is 440 g/mol. The van der Waals surface area contributed by atoms with Crippen molar-refractivity contribution in [3.05, 3.63) is 88.7 Å². The predicted molar refractivity (Wildman–Crippen MR) is 121 cm³/mol. The third-order valence-corrected chi connectivity index (χ3v) is 6.14. The monoisotopic (exact) mass is 465 g/mol. The molecule has 1 fully saturated rings. The fraction of sp³-hybridized carbons (Fsp3) is 0.308. The molecule has 34 heavy (non-hydrogen) atoms. The summed E-state index contributed by atoms with van der Waals surface area (Å²) in [5, 5.41) is 14.3. The number of pyridine rings is 1. The van der Waals surface area contributed by atoms with Crippen molar-refractivity contribution in [2.24, 2.45) is 5.92 Å². The number of aliphatic hydroxyl groups excluding tert-OH is 1. The number of ether oxygens (including phenoxy) is 1. The summed E-state index contributed by atoms with van der Waals surface area (Å²) in [6.07, 6.45) is 1.89. The first-order valence-electron chi connectivity index (χ1n) is 11.4. The van der Waals surface area contributed by atoms with Gasteiger partial charge in [0.25, 0.3) is 5.91 Å². The van der Waals surface area contributed by atoms with Gasteiger partial charge in [0.05, 0.1) is 11.4 Å². The van der Waals surface area contributed by atoms with Crippen LogP contribution >= 0.6 is 0 Å². The van der Waals surface area contributed by atoms with Gasteiger partial charge in [0.2, 0.25) is 0 Å². The average molecular weight is 466 g/mol. The van der Waals surface area contributed by atoms with Crippen molar-refractivity contribution in [2.45, 2.75) is 32.0 Å². The molecule has 5 rings (SSSR count). The number of nitrogens with one attached hydrogen (secondary N) is 1. The number of rotatable bonds is 8. The number of aromatic nitrogens is 1. The Hall–Kier alpha value is -3.36. The highest BCUT2D eigenvalue weighted by atomic mass is 19.1. The van der Waals surface area contributed by atoms with Gasteiger partial charge in [-0.15, -0.1) is 0 Å². The van der Waals surface area contributed by atoms with Crippen molar-refractivity contribution >= 4 is 5.91 Å². The zero-order valence-electron chi connectivity index (χ0n) is 18.5. The van der Waals surface area contributed by atoms with Gasteiger partial charge in [-0.3, -0.25) is 9.78 Å². The number of carbonyl (C=O) groups excluding carboxylic acids is 1.